The minimum Gasteiger partial charge on any atom is -0.456 e. The van der Waals surface area contributed by atoms with Gasteiger partial charge in [0.25, 0.3) is 0 Å². The molecule has 0 atom stereocenters. The lowest BCUT2D eigenvalue weighted by atomic mass is 9.80. The quantitative estimate of drug-likeness (QED) is 0.179. The van der Waals surface area contributed by atoms with Gasteiger partial charge in [-0.2, -0.15) is 0 Å². The van der Waals surface area contributed by atoms with Gasteiger partial charge in [-0.1, -0.05) is 103 Å². The Kier molecular flexibility index (Phi) is 5.15. The van der Waals surface area contributed by atoms with Gasteiger partial charge in [0.05, 0.1) is 21.8 Å². The Bertz CT molecular complexity index is 2730. The van der Waals surface area contributed by atoms with Crippen LogP contribution in [0, 0.1) is 0 Å². The van der Waals surface area contributed by atoms with Crippen molar-refractivity contribution in [2.75, 3.05) is 0 Å². The maximum Gasteiger partial charge on any atom is 0.200 e. The van der Waals surface area contributed by atoms with E-state index in [1.54, 1.807) is 0 Å². The molecule has 0 N–H and O–H groups in total. The SMILES string of the molecule is O=c1c2ccccc2oc2cc3c(cc12)-c1cc(-n2c4ccccc4c4ccccc42)ccc1-c1ccccc1-c1ccccc1-3. The Hall–Kier alpha value is -6.19. The predicted octanol–water partition coefficient (Wildman–Crippen LogP) is 11.0. The van der Waals surface area contributed by atoms with Gasteiger partial charge in [0.2, 0.25) is 5.43 Å². The molecular formula is C43H25NO2. The molecule has 0 amide bonds. The summed E-state index contributed by atoms with van der Waals surface area (Å²) in [6.07, 6.45) is 0. The fraction of sp³-hybridized carbons (Fsp3) is 0. The number of nitrogens with zero attached hydrogens (tertiary/aromatic N) is 1. The summed E-state index contributed by atoms with van der Waals surface area (Å²) in [4.78, 5) is 14.0. The van der Waals surface area contributed by atoms with Crippen molar-refractivity contribution in [2.24, 2.45) is 0 Å². The van der Waals surface area contributed by atoms with Crippen molar-refractivity contribution in [3.05, 3.63) is 162 Å². The van der Waals surface area contributed by atoms with Gasteiger partial charge < -0.3 is 8.98 Å². The number of hydrogen-bond acceptors (Lipinski definition) is 2. The Morgan fingerprint density at radius 3 is 1.50 bits per heavy atom. The summed E-state index contributed by atoms with van der Waals surface area (Å²) in [6, 6.07) is 52.8. The Balaban J connectivity index is 1.37. The van der Waals surface area contributed by atoms with Crippen molar-refractivity contribution >= 4 is 43.7 Å². The molecule has 7 aromatic carbocycles. The molecule has 1 aliphatic rings. The van der Waals surface area contributed by atoms with Crippen LogP contribution >= 0.6 is 0 Å². The third-order valence-electron chi connectivity index (χ3n) is 9.57. The van der Waals surface area contributed by atoms with Crippen molar-refractivity contribution in [2.45, 2.75) is 0 Å². The number of fused-ring (bicyclic) bond motifs is 13. The molecule has 2 heterocycles. The molecule has 3 nitrogen and oxygen atoms in total. The largest absolute Gasteiger partial charge is 0.456 e. The monoisotopic (exact) mass is 587 g/mol. The fourth-order valence-electron chi connectivity index (χ4n) is 7.53. The van der Waals surface area contributed by atoms with Crippen LogP contribution in [0.2, 0.25) is 0 Å². The lowest BCUT2D eigenvalue weighted by molar-refractivity contribution is 0.660. The topological polar surface area (TPSA) is 35.1 Å². The second-order valence-electron chi connectivity index (χ2n) is 12.0. The van der Waals surface area contributed by atoms with Crippen LogP contribution in [0.4, 0.5) is 0 Å². The van der Waals surface area contributed by atoms with Crippen LogP contribution in [0.1, 0.15) is 0 Å². The van der Waals surface area contributed by atoms with E-state index < -0.39 is 0 Å². The van der Waals surface area contributed by atoms with Crippen LogP contribution in [-0.4, -0.2) is 4.57 Å². The van der Waals surface area contributed by atoms with E-state index in [0.29, 0.717) is 21.9 Å². The van der Waals surface area contributed by atoms with Gasteiger partial charge in [-0.15, -0.1) is 0 Å². The predicted molar refractivity (Wildman–Crippen MR) is 190 cm³/mol. The first kappa shape index (κ1) is 25.2. The Morgan fingerprint density at radius 2 is 0.848 bits per heavy atom. The highest BCUT2D eigenvalue weighted by molar-refractivity contribution is 6.10. The van der Waals surface area contributed by atoms with E-state index >= 15 is 0 Å². The first-order chi connectivity index (χ1) is 22.7. The van der Waals surface area contributed by atoms with Crippen molar-refractivity contribution in [1.29, 1.82) is 0 Å². The van der Waals surface area contributed by atoms with Gasteiger partial charge in [0.15, 0.2) is 0 Å². The lowest BCUT2D eigenvalue weighted by Gasteiger charge is -2.24. The Morgan fingerprint density at radius 1 is 0.370 bits per heavy atom. The van der Waals surface area contributed by atoms with Crippen molar-refractivity contribution < 1.29 is 4.42 Å². The maximum atomic E-state index is 14.0. The number of aromatic nitrogens is 1. The molecule has 2 aromatic heterocycles. The molecule has 0 radical (unpaired) electrons. The number of para-hydroxylation sites is 3. The van der Waals surface area contributed by atoms with Crippen LogP contribution in [0.5, 0.6) is 0 Å². The van der Waals surface area contributed by atoms with E-state index in [1.807, 2.05) is 24.3 Å². The molecule has 1 aliphatic carbocycles. The molecule has 0 fully saturated rings. The highest BCUT2D eigenvalue weighted by Crippen LogP contribution is 2.49. The van der Waals surface area contributed by atoms with Gasteiger partial charge in [0.1, 0.15) is 11.2 Å². The Labute approximate surface area is 264 Å². The van der Waals surface area contributed by atoms with Gasteiger partial charge >= 0.3 is 0 Å². The average molecular weight is 588 g/mol. The number of hydrogen-bond donors (Lipinski definition) is 0. The molecule has 46 heavy (non-hydrogen) atoms. The lowest BCUT2D eigenvalue weighted by Crippen LogP contribution is -2.04. The molecule has 3 heteroatoms. The molecule has 0 unspecified atom stereocenters. The van der Waals surface area contributed by atoms with E-state index in [-0.39, 0.29) is 5.43 Å². The summed E-state index contributed by atoms with van der Waals surface area (Å²) in [5, 5.41) is 3.61. The minimum absolute atomic E-state index is 0.0181. The van der Waals surface area contributed by atoms with Gasteiger partial charge in [0, 0.05) is 16.5 Å². The van der Waals surface area contributed by atoms with E-state index in [1.165, 1.54) is 16.3 Å². The summed E-state index contributed by atoms with van der Waals surface area (Å²) in [6.45, 7) is 0. The molecule has 0 bridgehead atoms. The molecule has 0 aliphatic heterocycles. The maximum absolute atomic E-state index is 14.0. The summed E-state index contributed by atoms with van der Waals surface area (Å²) < 4.78 is 8.77. The molecule has 0 spiro atoms. The molecule has 0 saturated carbocycles. The average Bonchev–Trinajstić information content (AvgIpc) is 3.45. The van der Waals surface area contributed by atoms with Crippen LogP contribution in [0.15, 0.2) is 161 Å². The first-order valence-electron chi connectivity index (χ1n) is 15.6. The second kappa shape index (κ2) is 9.40. The van der Waals surface area contributed by atoms with Crippen LogP contribution in [0.3, 0.4) is 0 Å². The highest BCUT2D eigenvalue weighted by Gasteiger charge is 2.24. The molecular weight excluding hydrogens is 562 g/mol. The first-order valence-corrected chi connectivity index (χ1v) is 15.6. The number of rotatable bonds is 1. The van der Waals surface area contributed by atoms with E-state index in [0.717, 1.165) is 55.7 Å². The second-order valence-corrected chi connectivity index (χ2v) is 12.0. The van der Waals surface area contributed by atoms with Gasteiger partial charge in [-0.25, -0.2) is 0 Å². The zero-order valence-electron chi connectivity index (χ0n) is 24.7. The number of benzene rings is 7. The summed E-state index contributed by atoms with van der Waals surface area (Å²) in [5.74, 6) is 0. The zero-order chi connectivity index (χ0) is 30.4. The summed E-state index contributed by atoms with van der Waals surface area (Å²) >= 11 is 0. The van der Waals surface area contributed by atoms with Crippen molar-refractivity contribution in [3.63, 3.8) is 0 Å². The minimum atomic E-state index is -0.0181. The smallest absolute Gasteiger partial charge is 0.200 e. The molecule has 10 rings (SSSR count). The van der Waals surface area contributed by atoms with Gasteiger partial charge in [-0.3, -0.25) is 4.79 Å². The molecule has 214 valence electrons. The van der Waals surface area contributed by atoms with Crippen LogP contribution in [-0.2, 0) is 0 Å². The zero-order valence-corrected chi connectivity index (χ0v) is 24.7. The third-order valence-corrected chi connectivity index (χ3v) is 9.57. The van der Waals surface area contributed by atoms with Gasteiger partial charge in [-0.05, 0) is 93.0 Å². The van der Waals surface area contributed by atoms with E-state index in [2.05, 4.69) is 132 Å². The standard InChI is InChI=1S/C43H25NO2/c45-43-34-17-7-10-20-41(34)46-42-25-37-30-14-4-3-12-28(30)27-11-1-2-13-29(27)31-22-21-26(23-35(31)36(37)24-38(42)43)44-39-18-8-5-15-32(39)33-16-6-9-19-40(33)44/h1-25H. The van der Waals surface area contributed by atoms with E-state index in [4.69, 9.17) is 4.42 Å². The summed E-state index contributed by atoms with van der Waals surface area (Å²) in [5.41, 5.74) is 13.4. The fourth-order valence-corrected chi connectivity index (χ4v) is 7.53. The third kappa shape index (κ3) is 3.45. The summed E-state index contributed by atoms with van der Waals surface area (Å²) in [7, 11) is 0. The molecule has 0 saturated heterocycles. The normalized spacial score (nSPS) is 12.0. The van der Waals surface area contributed by atoms with Crippen molar-refractivity contribution in [3.8, 4) is 50.2 Å². The van der Waals surface area contributed by atoms with Crippen LogP contribution < -0.4 is 5.43 Å². The van der Waals surface area contributed by atoms with Crippen molar-refractivity contribution in [1.82, 2.24) is 4.57 Å². The van der Waals surface area contributed by atoms with E-state index in [9.17, 15) is 4.79 Å². The highest BCUT2D eigenvalue weighted by atomic mass is 16.3. The van der Waals surface area contributed by atoms with Crippen LogP contribution in [0.25, 0.3) is 93.9 Å². The molecule has 9 aromatic rings.